The number of halogens is 2. The van der Waals surface area contributed by atoms with Crippen LogP contribution < -0.4 is 11.0 Å². The van der Waals surface area contributed by atoms with Gasteiger partial charge in [-0.15, -0.1) is 0 Å². The number of carbonyl (C=O) groups is 1. The number of anilines is 1. The second-order valence-electron chi connectivity index (χ2n) is 4.42. The van der Waals surface area contributed by atoms with Gasteiger partial charge >= 0.3 is 5.69 Å². The number of imidazole rings is 1. The van der Waals surface area contributed by atoms with Gasteiger partial charge < -0.3 is 15.3 Å². The molecule has 0 aliphatic rings. The standard InChI is InChI=1S/C14H9BrClN3O2/c15-10-5-7(16)1-3-9(10)13(20)17-8-2-4-11-12(6-8)19-14(21)18-11/h1-6H,(H,17,20)(H2,18,19,21). The summed E-state index contributed by atoms with van der Waals surface area (Å²) in [6.07, 6.45) is 0. The van der Waals surface area contributed by atoms with Crippen LogP contribution in [-0.2, 0) is 0 Å². The van der Waals surface area contributed by atoms with Gasteiger partial charge in [-0.3, -0.25) is 4.79 Å². The molecule has 7 heteroatoms. The number of amides is 1. The van der Waals surface area contributed by atoms with Crippen LogP contribution in [0.3, 0.4) is 0 Å². The zero-order chi connectivity index (χ0) is 15.0. The monoisotopic (exact) mass is 365 g/mol. The molecule has 106 valence electrons. The van der Waals surface area contributed by atoms with Crippen LogP contribution in [0.15, 0.2) is 45.7 Å². The van der Waals surface area contributed by atoms with Gasteiger partial charge in [0, 0.05) is 15.2 Å². The van der Waals surface area contributed by atoms with E-state index in [9.17, 15) is 9.59 Å². The summed E-state index contributed by atoms with van der Waals surface area (Å²) >= 11 is 9.16. The number of nitrogens with one attached hydrogen (secondary N) is 3. The van der Waals surface area contributed by atoms with Crippen LogP contribution in [0.2, 0.25) is 5.02 Å². The number of aromatic nitrogens is 2. The molecule has 5 nitrogen and oxygen atoms in total. The Labute approximate surface area is 132 Å². The lowest BCUT2D eigenvalue weighted by Gasteiger charge is -2.07. The van der Waals surface area contributed by atoms with Gasteiger partial charge in [0.25, 0.3) is 5.91 Å². The van der Waals surface area contributed by atoms with Gasteiger partial charge in [0.2, 0.25) is 0 Å². The molecule has 0 spiro atoms. The molecule has 1 heterocycles. The van der Waals surface area contributed by atoms with Crippen molar-refractivity contribution in [1.82, 2.24) is 9.97 Å². The van der Waals surface area contributed by atoms with E-state index in [2.05, 4.69) is 31.2 Å². The van der Waals surface area contributed by atoms with Gasteiger partial charge in [0.15, 0.2) is 0 Å². The SMILES string of the molecule is O=C(Nc1ccc2[nH]c(=O)[nH]c2c1)c1ccc(Cl)cc1Br. The number of aromatic amines is 2. The third kappa shape index (κ3) is 2.86. The van der Waals surface area contributed by atoms with Gasteiger partial charge in [-0.25, -0.2) is 4.79 Å². The molecule has 0 fully saturated rings. The topological polar surface area (TPSA) is 77.8 Å². The predicted octanol–water partition coefficient (Wildman–Crippen LogP) is 3.52. The first-order chi connectivity index (χ1) is 10.0. The number of fused-ring (bicyclic) bond motifs is 1. The second-order valence-corrected chi connectivity index (χ2v) is 5.71. The Bertz CT molecular complexity index is 901. The summed E-state index contributed by atoms with van der Waals surface area (Å²) in [5, 5.41) is 3.32. The smallest absolute Gasteiger partial charge is 0.322 e. The summed E-state index contributed by atoms with van der Waals surface area (Å²) in [6.45, 7) is 0. The van der Waals surface area contributed by atoms with Gasteiger partial charge in [-0.2, -0.15) is 0 Å². The van der Waals surface area contributed by atoms with Crippen LogP contribution >= 0.6 is 27.5 Å². The molecule has 1 amide bonds. The second kappa shape index (κ2) is 5.38. The number of hydrogen-bond acceptors (Lipinski definition) is 2. The van der Waals surface area contributed by atoms with Gasteiger partial charge in [0.1, 0.15) is 0 Å². The fraction of sp³-hybridized carbons (Fsp3) is 0. The van der Waals surface area contributed by atoms with Crippen LogP contribution in [-0.4, -0.2) is 15.9 Å². The Morgan fingerprint density at radius 2 is 1.86 bits per heavy atom. The molecule has 0 aliphatic carbocycles. The first-order valence-electron chi connectivity index (χ1n) is 6.01. The lowest BCUT2D eigenvalue weighted by Crippen LogP contribution is -2.12. The molecule has 0 radical (unpaired) electrons. The van der Waals surface area contributed by atoms with Crippen molar-refractivity contribution in [2.75, 3.05) is 5.32 Å². The molecular formula is C14H9BrClN3O2. The molecule has 0 atom stereocenters. The summed E-state index contributed by atoms with van der Waals surface area (Å²) in [6, 6.07) is 10.1. The summed E-state index contributed by atoms with van der Waals surface area (Å²) in [7, 11) is 0. The van der Waals surface area contributed by atoms with E-state index in [1.54, 1.807) is 36.4 Å². The van der Waals surface area contributed by atoms with E-state index >= 15 is 0 Å². The minimum atomic E-state index is -0.283. The van der Waals surface area contributed by atoms with Crippen molar-refractivity contribution in [2.24, 2.45) is 0 Å². The maximum Gasteiger partial charge on any atom is 0.323 e. The Morgan fingerprint density at radius 1 is 1.10 bits per heavy atom. The summed E-state index contributed by atoms with van der Waals surface area (Å²) in [4.78, 5) is 28.7. The number of hydrogen-bond donors (Lipinski definition) is 3. The zero-order valence-electron chi connectivity index (χ0n) is 10.5. The van der Waals surface area contributed by atoms with Crippen LogP contribution in [0, 0.1) is 0 Å². The van der Waals surface area contributed by atoms with Crippen molar-refractivity contribution in [3.63, 3.8) is 0 Å². The summed E-state index contributed by atoms with van der Waals surface area (Å²) in [5.74, 6) is -0.268. The fourth-order valence-electron chi connectivity index (χ4n) is 1.98. The van der Waals surface area contributed by atoms with Crippen LogP contribution in [0.25, 0.3) is 11.0 Å². The maximum absolute atomic E-state index is 12.2. The number of benzene rings is 2. The average Bonchev–Trinajstić information content (AvgIpc) is 2.77. The largest absolute Gasteiger partial charge is 0.323 e. The van der Waals surface area contributed by atoms with Crippen molar-refractivity contribution in [3.8, 4) is 0 Å². The van der Waals surface area contributed by atoms with Gasteiger partial charge in [-0.05, 0) is 52.3 Å². The average molecular weight is 367 g/mol. The molecule has 3 N–H and O–H groups in total. The Kier molecular flexibility index (Phi) is 3.57. The van der Waals surface area contributed by atoms with E-state index in [-0.39, 0.29) is 11.6 Å². The third-order valence-corrected chi connectivity index (χ3v) is 3.84. The van der Waals surface area contributed by atoms with E-state index in [0.717, 1.165) is 0 Å². The zero-order valence-corrected chi connectivity index (χ0v) is 12.9. The molecule has 21 heavy (non-hydrogen) atoms. The molecule has 0 saturated carbocycles. The van der Waals surface area contributed by atoms with Crippen molar-refractivity contribution in [3.05, 3.63) is 61.9 Å². The lowest BCUT2D eigenvalue weighted by molar-refractivity contribution is 0.102. The summed E-state index contributed by atoms with van der Waals surface area (Å²) < 4.78 is 0.614. The van der Waals surface area contributed by atoms with Crippen LogP contribution in [0.4, 0.5) is 5.69 Å². The molecule has 3 rings (SSSR count). The minimum absolute atomic E-state index is 0.268. The molecule has 3 aromatic rings. The summed E-state index contributed by atoms with van der Waals surface area (Å²) in [5.41, 5.74) is 2.10. The van der Waals surface area contributed by atoms with E-state index in [1.807, 2.05) is 0 Å². The molecular weight excluding hydrogens is 358 g/mol. The molecule has 1 aromatic heterocycles. The van der Waals surface area contributed by atoms with Crippen molar-refractivity contribution in [2.45, 2.75) is 0 Å². The number of H-pyrrole nitrogens is 2. The van der Waals surface area contributed by atoms with Crippen LogP contribution in [0.1, 0.15) is 10.4 Å². The van der Waals surface area contributed by atoms with Crippen molar-refractivity contribution < 1.29 is 4.79 Å². The van der Waals surface area contributed by atoms with Crippen LogP contribution in [0.5, 0.6) is 0 Å². The number of carbonyl (C=O) groups excluding carboxylic acids is 1. The Balaban J connectivity index is 1.90. The Morgan fingerprint density at radius 3 is 2.62 bits per heavy atom. The van der Waals surface area contributed by atoms with Crippen molar-refractivity contribution in [1.29, 1.82) is 0 Å². The fourth-order valence-corrected chi connectivity index (χ4v) is 2.85. The predicted molar refractivity (Wildman–Crippen MR) is 86.0 cm³/mol. The molecule has 0 bridgehead atoms. The van der Waals surface area contributed by atoms with E-state index in [0.29, 0.717) is 31.8 Å². The molecule has 0 unspecified atom stereocenters. The normalized spacial score (nSPS) is 10.8. The minimum Gasteiger partial charge on any atom is -0.322 e. The third-order valence-electron chi connectivity index (χ3n) is 2.95. The first-order valence-corrected chi connectivity index (χ1v) is 7.18. The highest BCUT2D eigenvalue weighted by Gasteiger charge is 2.11. The quantitative estimate of drug-likeness (QED) is 0.649. The molecule has 0 aliphatic heterocycles. The van der Waals surface area contributed by atoms with E-state index < -0.39 is 0 Å². The van der Waals surface area contributed by atoms with E-state index in [4.69, 9.17) is 11.6 Å². The maximum atomic E-state index is 12.2. The van der Waals surface area contributed by atoms with Gasteiger partial charge in [0.05, 0.1) is 16.6 Å². The number of rotatable bonds is 2. The Hall–Kier alpha value is -2.05. The highest BCUT2D eigenvalue weighted by Crippen LogP contribution is 2.23. The lowest BCUT2D eigenvalue weighted by atomic mass is 10.2. The molecule has 2 aromatic carbocycles. The van der Waals surface area contributed by atoms with Gasteiger partial charge in [-0.1, -0.05) is 11.6 Å². The molecule has 0 saturated heterocycles. The highest BCUT2D eigenvalue weighted by atomic mass is 79.9. The van der Waals surface area contributed by atoms with E-state index in [1.165, 1.54) is 0 Å². The van der Waals surface area contributed by atoms with Crippen molar-refractivity contribution >= 4 is 50.2 Å². The first kappa shape index (κ1) is 13.9. The highest BCUT2D eigenvalue weighted by molar-refractivity contribution is 9.10.